The van der Waals surface area contributed by atoms with Gasteiger partial charge in [0.1, 0.15) is 12.2 Å². The van der Waals surface area contributed by atoms with Gasteiger partial charge >= 0.3 is 0 Å². The molecule has 136 valence electrons. The molecule has 3 aromatic heterocycles. The van der Waals surface area contributed by atoms with Crippen molar-refractivity contribution in [1.29, 1.82) is 0 Å². The summed E-state index contributed by atoms with van der Waals surface area (Å²) >= 11 is 0. The molecule has 7 nitrogen and oxygen atoms in total. The van der Waals surface area contributed by atoms with Crippen LogP contribution >= 0.6 is 0 Å². The van der Waals surface area contributed by atoms with E-state index in [1.165, 1.54) is 6.33 Å². The normalized spacial score (nSPS) is 11.0. The number of hydrogen-bond donors (Lipinski definition) is 1. The van der Waals surface area contributed by atoms with E-state index in [0.717, 1.165) is 34.0 Å². The van der Waals surface area contributed by atoms with E-state index in [-0.39, 0.29) is 0 Å². The van der Waals surface area contributed by atoms with Gasteiger partial charge in [0.25, 0.3) is 0 Å². The van der Waals surface area contributed by atoms with Gasteiger partial charge in [-0.1, -0.05) is 42.5 Å². The minimum absolute atomic E-state index is 0.566. The number of nitrogens with zero attached hydrogens (tertiary/aromatic N) is 6. The van der Waals surface area contributed by atoms with Gasteiger partial charge in [-0.15, -0.1) is 0 Å². The molecule has 5 rings (SSSR count). The molecule has 0 fully saturated rings. The zero-order valence-electron chi connectivity index (χ0n) is 15.0. The highest BCUT2D eigenvalue weighted by molar-refractivity contribution is 5.79. The molecule has 2 aromatic carbocycles. The van der Waals surface area contributed by atoms with Crippen molar-refractivity contribution in [2.45, 2.75) is 6.54 Å². The van der Waals surface area contributed by atoms with Crippen molar-refractivity contribution in [3.63, 3.8) is 0 Å². The van der Waals surface area contributed by atoms with E-state index in [2.05, 4.69) is 61.2 Å². The highest BCUT2D eigenvalue weighted by Gasteiger charge is 2.16. The van der Waals surface area contributed by atoms with E-state index in [1.807, 2.05) is 41.5 Å². The van der Waals surface area contributed by atoms with Crippen LogP contribution in [0.3, 0.4) is 0 Å². The van der Waals surface area contributed by atoms with E-state index in [0.29, 0.717) is 6.54 Å². The van der Waals surface area contributed by atoms with Crippen LogP contribution in [0, 0.1) is 0 Å². The fraction of sp³-hybridized carbons (Fsp3) is 0.0476. The van der Waals surface area contributed by atoms with Crippen molar-refractivity contribution >= 4 is 0 Å². The van der Waals surface area contributed by atoms with Gasteiger partial charge in [-0.05, 0) is 18.2 Å². The number of imidazole rings is 1. The molecule has 0 aliphatic carbocycles. The van der Waals surface area contributed by atoms with Crippen LogP contribution in [0.15, 0.2) is 85.7 Å². The summed E-state index contributed by atoms with van der Waals surface area (Å²) in [5, 5.41) is 11.2. The summed E-state index contributed by atoms with van der Waals surface area (Å²) in [7, 11) is 0. The second kappa shape index (κ2) is 6.96. The van der Waals surface area contributed by atoms with Crippen molar-refractivity contribution in [3.05, 3.63) is 91.5 Å². The Bertz CT molecular complexity index is 1160. The van der Waals surface area contributed by atoms with Gasteiger partial charge in [0.2, 0.25) is 0 Å². The maximum atomic E-state index is 4.70. The van der Waals surface area contributed by atoms with Gasteiger partial charge in [0.05, 0.1) is 29.9 Å². The maximum absolute atomic E-state index is 4.70. The minimum atomic E-state index is 0.566. The first kappa shape index (κ1) is 16.2. The summed E-state index contributed by atoms with van der Waals surface area (Å²) in [6.07, 6.45) is 7.07. The first-order valence-corrected chi connectivity index (χ1v) is 8.94. The standard InChI is InChI=1S/C21H17N7/c1-2-5-16(6-3-1)20-21(27(15-23-20)13-19-22-14-24-26-19)17-7-9-18(10-8-17)28-12-4-11-25-28/h1-12,14-15H,13H2,(H,22,24,26). The molecular weight excluding hydrogens is 350 g/mol. The van der Waals surface area contributed by atoms with Crippen LogP contribution in [-0.4, -0.2) is 34.5 Å². The third-order valence-corrected chi connectivity index (χ3v) is 4.58. The highest BCUT2D eigenvalue weighted by Crippen LogP contribution is 2.32. The molecule has 0 spiro atoms. The Morgan fingerprint density at radius 3 is 2.43 bits per heavy atom. The zero-order valence-corrected chi connectivity index (χ0v) is 15.0. The Kier molecular flexibility index (Phi) is 4.02. The molecule has 0 saturated heterocycles. The number of nitrogens with one attached hydrogen (secondary N) is 1. The zero-order chi connectivity index (χ0) is 18.8. The lowest BCUT2D eigenvalue weighted by atomic mass is 10.0. The summed E-state index contributed by atoms with van der Waals surface area (Å²) in [6, 6.07) is 20.4. The minimum Gasteiger partial charge on any atom is -0.322 e. The SMILES string of the molecule is c1ccc(-c2ncn(Cc3ncn[nH]3)c2-c2ccc(-n3cccn3)cc2)cc1. The first-order chi connectivity index (χ1) is 13.9. The van der Waals surface area contributed by atoms with Gasteiger partial charge in [-0.25, -0.2) is 14.6 Å². The molecule has 3 heterocycles. The fourth-order valence-electron chi connectivity index (χ4n) is 3.27. The molecule has 0 radical (unpaired) electrons. The molecule has 28 heavy (non-hydrogen) atoms. The average Bonchev–Trinajstić information content (AvgIpc) is 3.51. The number of hydrogen-bond acceptors (Lipinski definition) is 4. The van der Waals surface area contributed by atoms with Crippen molar-refractivity contribution < 1.29 is 0 Å². The van der Waals surface area contributed by atoms with Crippen molar-refractivity contribution in [1.82, 2.24) is 34.5 Å². The Hall–Kier alpha value is -4.00. The average molecular weight is 367 g/mol. The topological polar surface area (TPSA) is 77.2 Å². The molecule has 0 bridgehead atoms. The summed E-state index contributed by atoms with van der Waals surface area (Å²) in [5.41, 5.74) is 5.13. The van der Waals surface area contributed by atoms with Crippen LogP contribution in [-0.2, 0) is 6.54 Å². The Morgan fingerprint density at radius 2 is 1.71 bits per heavy atom. The van der Waals surface area contributed by atoms with Crippen LogP contribution in [0.2, 0.25) is 0 Å². The number of rotatable bonds is 5. The monoisotopic (exact) mass is 367 g/mol. The fourth-order valence-corrected chi connectivity index (χ4v) is 3.27. The number of benzene rings is 2. The summed E-state index contributed by atoms with van der Waals surface area (Å²) in [4.78, 5) is 8.95. The van der Waals surface area contributed by atoms with E-state index in [9.17, 15) is 0 Å². The van der Waals surface area contributed by atoms with Crippen molar-refractivity contribution in [3.8, 4) is 28.2 Å². The second-order valence-corrected chi connectivity index (χ2v) is 6.37. The molecule has 1 N–H and O–H groups in total. The van der Waals surface area contributed by atoms with Crippen LogP contribution in [0.4, 0.5) is 0 Å². The summed E-state index contributed by atoms with van der Waals surface area (Å²) in [6.45, 7) is 0.566. The lowest BCUT2D eigenvalue weighted by Gasteiger charge is -2.11. The molecule has 0 amide bonds. The molecule has 7 heteroatoms. The first-order valence-electron chi connectivity index (χ1n) is 8.94. The second-order valence-electron chi connectivity index (χ2n) is 6.37. The van der Waals surface area contributed by atoms with E-state index < -0.39 is 0 Å². The van der Waals surface area contributed by atoms with Gasteiger partial charge in [-0.3, -0.25) is 5.10 Å². The van der Waals surface area contributed by atoms with Gasteiger partial charge in [0.15, 0.2) is 0 Å². The Balaban J connectivity index is 1.60. The quantitative estimate of drug-likeness (QED) is 0.515. The van der Waals surface area contributed by atoms with E-state index in [1.54, 1.807) is 6.20 Å². The molecule has 0 unspecified atom stereocenters. The molecular formula is C21H17N7. The van der Waals surface area contributed by atoms with E-state index in [4.69, 9.17) is 4.98 Å². The summed E-state index contributed by atoms with van der Waals surface area (Å²) in [5.74, 6) is 0.784. The van der Waals surface area contributed by atoms with Gasteiger partial charge < -0.3 is 4.57 Å². The molecule has 5 aromatic rings. The van der Waals surface area contributed by atoms with Crippen LogP contribution in [0.25, 0.3) is 28.2 Å². The molecule has 0 atom stereocenters. The van der Waals surface area contributed by atoms with E-state index >= 15 is 0 Å². The smallest absolute Gasteiger partial charge is 0.144 e. The third-order valence-electron chi connectivity index (χ3n) is 4.58. The Labute approximate surface area is 161 Å². The third kappa shape index (κ3) is 2.99. The maximum Gasteiger partial charge on any atom is 0.144 e. The van der Waals surface area contributed by atoms with Crippen molar-refractivity contribution in [2.24, 2.45) is 0 Å². The van der Waals surface area contributed by atoms with Gasteiger partial charge in [-0.2, -0.15) is 10.2 Å². The molecule has 0 aliphatic heterocycles. The van der Waals surface area contributed by atoms with Crippen LogP contribution < -0.4 is 0 Å². The van der Waals surface area contributed by atoms with Crippen LogP contribution in [0.1, 0.15) is 5.82 Å². The predicted molar refractivity (Wildman–Crippen MR) is 106 cm³/mol. The number of H-pyrrole nitrogens is 1. The number of aromatic nitrogens is 7. The van der Waals surface area contributed by atoms with Crippen molar-refractivity contribution in [2.75, 3.05) is 0 Å². The highest BCUT2D eigenvalue weighted by atomic mass is 15.3. The Morgan fingerprint density at radius 1 is 0.857 bits per heavy atom. The molecule has 0 aliphatic rings. The predicted octanol–water partition coefficient (Wildman–Crippen LogP) is 3.57. The lowest BCUT2D eigenvalue weighted by molar-refractivity contribution is 0.753. The number of aromatic amines is 1. The van der Waals surface area contributed by atoms with Crippen LogP contribution in [0.5, 0.6) is 0 Å². The summed E-state index contributed by atoms with van der Waals surface area (Å²) < 4.78 is 3.93. The largest absolute Gasteiger partial charge is 0.322 e. The van der Waals surface area contributed by atoms with Gasteiger partial charge in [0, 0.05) is 23.5 Å². The lowest BCUT2D eigenvalue weighted by Crippen LogP contribution is -2.03. The molecule has 0 saturated carbocycles.